The van der Waals surface area contributed by atoms with Crippen LogP contribution in [0.15, 0.2) is 66.7 Å². The number of rotatable bonds is 7. The maximum absolute atomic E-state index is 13.3. The van der Waals surface area contributed by atoms with Crippen LogP contribution in [0.1, 0.15) is 11.1 Å². The zero-order valence-electron chi connectivity index (χ0n) is 17.4. The van der Waals surface area contributed by atoms with Crippen molar-refractivity contribution in [2.45, 2.75) is 19.5 Å². The number of benzene rings is 3. The molecular formula is C25H26FN3O. The first-order valence-corrected chi connectivity index (χ1v) is 10.2. The maximum Gasteiger partial charge on any atom is 0.224 e. The molecule has 4 aromatic rings. The first-order valence-electron chi connectivity index (χ1n) is 10.2. The molecule has 3 aromatic carbocycles. The lowest BCUT2D eigenvalue weighted by molar-refractivity contribution is -0.120. The number of carbonyl (C=O) groups excluding carboxylic acids is 1. The van der Waals surface area contributed by atoms with Gasteiger partial charge in [-0.15, -0.1) is 0 Å². The van der Waals surface area contributed by atoms with Crippen LogP contribution in [0, 0.1) is 5.82 Å². The van der Waals surface area contributed by atoms with Gasteiger partial charge in [0.25, 0.3) is 0 Å². The summed E-state index contributed by atoms with van der Waals surface area (Å²) in [5.41, 5.74) is 4.08. The first-order chi connectivity index (χ1) is 14.5. The van der Waals surface area contributed by atoms with E-state index in [1.54, 1.807) is 12.1 Å². The van der Waals surface area contributed by atoms with Crippen LogP contribution < -0.4 is 5.32 Å². The summed E-state index contributed by atoms with van der Waals surface area (Å²) in [5, 5.41) is 5.32. The van der Waals surface area contributed by atoms with Gasteiger partial charge in [0, 0.05) is 41.4 Å². The minimum Gasteiger partial charge on any atom is -0.352 e. The average Bonchev–Trinajstić information content (AvgIpc) is 3.04. The van der Waals surface area contributed by atoms with Crippen molar-refractivity contribution in [1.82, 2.24) is 14.8 Å². The van der Waals surface area contributed by atoms with Crippen LogP contribution in [0.5, 0.6) is 0 Å². The number of carbonyl (C=O) groups is 1. The molecular weight excluding hydrogens is 377 g/mol. The predicted molar refractivity (Wildman–Crippen MR) is 120 cm³/mol. The Hall–Kier alpha value is -3.18. The van der Waals surface area contributed by atoms with Crippen LogP contribution in [0.4, 0.5) is 4.39 Å². The Labute approximate surface area is 175 Å². The molecule has 1 N–H and O–H groups in total. The van der Waals surface area contributed by atoms with Crippen LogP contribution in [-0.4, -0.2) is 36.0 Å². The second-order valence-corrected chi connectivity index (χ2v) is 7.91. The number of fused-ring (bicyclic) bond motifs is 3. The van der Waals surface area contributed by atoms with Gasteiger partial charge in [-0.25, -0.2) is 4.39 Å². The van der Waals surface area contributed by atoms with Crippen LogP contribution in [-0.2, 0) is 24.3 Å². The summed E-state index contributed by atoms with van der Waals surface area (Å²) in [4.78, 5) is 14.6. The molecule has 5 heteroatoms. The van der Waals surface area contributed by atoms with Gasteiger partial charge in [-0.1, -0.05) is 42.5 Å². The lowest BCUT2D eigenvalue weighted by Crippen LogP contribution is -2.24. The molecule has 0 fully saturated rings. The van der Waals surface area contributed by atoms with E-state index in [9.17, 15) is 9.18 Å². The van der Waals surface area contributed by atoms with Crippen LogP contribution in [0.2, 0.25) is 0 Å². The molecule has 0 bridgehead atoms. The molecule has 1 heterocycles. The van der Waals surface area contributed by atoms with E-state index in [1.165, 1.54) is 28.4 Å². The summed E-state index contributed by atoms with van der Waals surface area (Å²) < 4.78 is 15.6. The van der Waals surface area contributed by atoms with Crippen molar-refractivity contribution in [1.29, 1.82) is 0 Å². The molecule has 4 nitrogen and oxygen atoms in total. The fourth-order valence-electron chi connectivity index (χ4n) is 3.84. The van der Waals surface area contributed by atoms with Crippen LogP contribution >= 0.6 is 0 Å². The first kappa shape index (κ1) is 20.1. The largest absolute Gasteiger partial charge is 0.352 e. The highest BCUT2D eigenvalue weighted by Crippen LogP contribution is 2.29. The van der Waals surface area contributed by atoms with Crippen molar-refractivity contribution in [3.63, 3.8) is 0 Å². The van der Waals surface area contributed by atoms with Crippen molar-refractivity contribution < 1.29 is 9.18 Å². The molecule has 4 rings (SSSR count). The number of hydrogen-bond donors (Lipinski definition) is 1. The Balaban J connectivity index is 1.56. The summed E-state index contributed by atoms with van der Waals surface area (Å²) in [6.07, 6.45) is 0.292. The highest BCUT2D eigenvalue weighted by molar-refractivity contribution is 6.08. The third kappa shape index (κ3) is 4.36. The molecule has 0 radical (unpaired) electrons. The number of aromatic nitrogens is 1. The van der Waals surface area contributed by atoms with E-state index in [0.29, 0.717) is 13.0 Å². The highest BCUT2D eigenvalue weighted by atomic mass is 19.1. The minimum atomic E-state index is -0.294. The summed E-state index contributed by atoms with van der Waals surface area (Å²) in [6, 6.07) is 21.0. The smallest absolute Gasteiger partial charge is 0.224 e. The Morgan fingerprint density at radius 3 is 2.53 bits per heavy atom. The molecule has 0 spiro atoms. The van der Waals surface area contributed by atoms with Gasteiger partial charge in [0.15, 0.2) is 0 Å². The highest BCUT2D eigenvalue weighted by Gasteiger charge is 2.12. The van der Waals surface area contributed by atoms with E-state index < -0.39 is 0 Å². The van der Waals surface area contributed by atoms with Gasteiger partial charge < -0.3 is 14.8 Å². The normalized spacial score (nSPS) is 11.5. The van der Waals surface area contributed by atoms with Crippen molar-refractivity contribution in [2.75, 3.05) is 20.6 Å². The lowest BCUT2D eigenvalue weighted by atomic mass is 10.1. The van der Waals surface area contributed by atoms with Crippen LogP contribution in [0.3, 0.4) is 0 Å². The van der Waals surface area contributed by atoms with E-state index >= 15 is 0 Å². The van der Waals surface area contributed by atoms with Gasteiger partial charge >= 0.3 is 0 Å². The summed E-state index contributed by atoms with van der Waals surface area (Å²) >= 11 is 0. The van der Waals surface area contributed by atoms with Crippen LogP contribution in [0.25, 0.3) is 21.8 Å². The third-order valence-corrected chi connectivity index (χ3v) is 5.35. The van der Waals surface area contributed by atoms with E-state index in [-0.39, 0.29) is 11.7 Å². The molecule has 0 aliphatic rings. The van der Waals surface area contributed by atoms with Gasteiger partial charge in [-0.2, -0.15) is 0 Å². The molecule has 154 valence electrons. The predicted octanol–water partition coefficient (Wildman–Crippen LogP) is 4.35. The second-order valence-electron chi connectivity index (χ2n) is 7.91. The fourth-order valence-corrected chi connectivity index (χ4v) is 3.84. The number of para-hydroxylation sites is 1. The molecule has 1 amide bonds. The molecule has 0 saturated carbocycles. The zero-order chi connectivity index (χ0) is 21.1. The average molecular weight is 404 g/mol. The van der Waals surface area contributed by atoms with Gasteiger partial charge in [-0.3, -0.25) is 4.79 Å². The standard InChI is InChI=1S/C25H26FN3O/c1-28(2)12-13-29-23-9-4-3-8-21(23)22-11-10-18(15-24(22)29)16-25(30)27-17-19-6-5-7-20(26)14-19/h3-11,14-15H,12-13,16-17H2,1-2H3,(H,27,30). The number of nitrogens with one attached hydrogen (secondary N) is 1. The van der Waals surface area contributed by atoms with Crippen molar-refractivity contribution >= 4 is 27.7 Å². The number of amides is 1. The Morgan fingerprint density at radius 1 is 0.933 bits per heavy atom. The topological polar surface area (TPSA) is 37.3 Å². The minimum absolute atomic E-state index is 0.0745. The summed E-state index contributed by atoms with van der Waals surface area (Å²) in [7, 11) is 4.14. The lowest BCUT2D eigenvalue weighted by Gasteiger charge is -2.13. The fraction of sp³-hybridized carbons (Fsp3) is 0.240. The Bertz CT molecular complexity index is 1200. The molecule has 0 aliphatic carbocycles. The monoisotopic (exact) mass is 403 g/mol. The van der Waals surface area contributed by atoms with Crippen molar-refractivity contribution in [3.8, 4) is 0 Å². The number of nitrogens with zero attached hydrogens (tertiary/aromatic N) is 2. The van der Waals surface area contributed by atoms with Crippen molar-refractivity contribution in [2.24, 2.45) is 0 Å². The van der Waals surface area contributed by atoms with E-state index in [0.717, 1.165) is 29.7 Å². The summed E-state index contributed by atoms with van der Waals surface area (Å²) in [6.45, 7) is 2.14. The number of likely N-dealkylation sites (N-methyl/N-ethyl adjacent to an activating group) is 1. The summed E-state index contributed by atoms with van der Waals surface area (Å²) in [5.74, 6) is -0.368. The number of halogens is 1. The second kappa shape index (κ2) is 8.67. The molecule has 0 unspecified atom stereocenters. The van der Waals surface area contributed by atoms with Gasteiger partial charge in [-0.05, 0) is 49.5 Å². The number of hydrogen-bond acceptors (Lipinski definition) is 2. The SMILES string of the molecule is CN(C)CCn1c2ccccc2c2ccc(CC(=O)NCc3cccc(F)c3)cc21. The molecule has 1 aromatic heterocycles. The quantitative estimate of drug-likeness (QED) is 0.498. The van der Waals surface area contributed by atoms with Crippen molar-refractivity contribution in [3.05, 3.63) is 83.7 Å². The third-order valence-electron chi connectivity index (χ3n) is 5.35. The molecule has 0 aliphatic heterocycles. The van der Waals surface area contributed by atoms with Gasteiger partial charge in [0.05, 0.1) is 6.42 Å². The maximum atomic E-state index is 13.3. The van der Waals surface area contributed by atoms with E-state index in [1.807, 2.05) is 6.07 Å². The van der Waals surface area contributed by atoms with E-state index in [4.69, 9.17) is 0 Å². The van der Waals surface area contributed by atoms with Gasteiger partial charge in [0.1, 0.15) is 5.82 Å². The molecule has 30 heavy (non-hydrogen) atoms. The Kier molecular flexibility index (Phi) is 5.81. The van der Waals surface area contributed by atoms with Gasteiger partial charge in [0.2, 0.25) is 5.91 Å². The van der Waals surface area contributed by atoms with E-state index in [2.05, 4.69) is 65.3 Å². The molecule has 0 atom stereocenters. The Morgan fingerprint density at radius 2 is 1.73 bits per heavy atom. The molecule has 0 saturated heterocycles. The zero-order valence-corrected chi connectivity index (χ0v) is 17.4.